The van der Waals surface area contributed by atoms with E-state index in [-0.39, 0.29) is 40.3 Å². The van der Waals surface area contributed by atoms with Crippen LogP contribution in [-0.4, -0.2) is 70.4 Å². The first-order valence-electron chi connectivity index (χ1n) is 13.1. The van der Waals surface area contributed by atoms with Gasteiger partial charge in [0, 0.05) is 24.3 Å². The molecule has 2 amide bonds. The van der Waals surface area contributed by atoms with Gasteiger partial charge in [-0.05, 0) is 47.8 Å². The number of hydrogen-bond donors (Lipinski definition) is 0. The second kappa shape index (κ2) is 8.82. The van der Waals surface area contributed by atoms with E-state index >= 15 is 0 Å². The Morgan fingerprint density at radius 2 is 1.67 bits per heavy atom. The number of Topliss-reactive ketones (excluding diaryl/α,β-unsaturated/α-hetero) is 1. The highest BCUT2D eigenvalue weighted by Gasteiger charge is 2.88. The molecule has 11 heteroatoms. The first kappa shape index (κ1) is 26.4. The highest BCUT2D eigenvalue weighted by Crippen LogP contribution is 2.89. The molecule has 1 aliphatic heterocycles. The number of rotatable bonds is 11. The van der Waals surface area contributed by atoms with Gasteiger partial charge in [0.25, 0.3) is 21.9 Å². The zero-order valence-electron chi connectivity index (χ0n) is 22.2. The van der Waals surface area contributed by atoms with Crippen LogP contribution in [0, 0.1) is 22.2 Å². The first-order valence-corrected chi connectivity index (χ1v) is 14.7. The van der Waals surface area contributed by atoms with Gasteiger partial charge in [-0.15, -0.1) is 9.35 Å². The molecule has 10 nitrogen and oxygen atoms in total. The molecule has 3 aliphatic carbocycles. The number of carbonyl (C=O) groups is 3. The standard InChI is InChI=1S/C28H31NO9S/c1-26(2)21-15-22(30)27(9-10-28(21,26)27)16-39(33,34)38-29-24(31)18-6-4-5-17-20(37-14-13-36-12-11-35-3)8-7-19(23(17)18)25(29)32/h4-8,21H,9-16H2,1-3H3. The molecule has 0 radical (unpaired) electrons. The number of imide groups is 1. The van der Waals surface area contributed by atoms with Gasteiger partial charge in [0.05, 0.1) is 42.1 Å². The minimum absolute atomic E-state index is 0.0618. The average molecular weight is 558 g/mol. The minimum Gasteiger partial charge on any atom is -0.491 e. The van der Waals surface area contributed by atoms with Crippen LogP contribution in [0.5, 0.6) is 5.75 Å². The van der Waals surface area contributed by atoms with Crippen molar-refractivity contribution in [3.63, 3.8) is 0 Å². The Hall–Kier alpha value is -2.86. The number of ketones is 1. The van der Waals surface area contributed by atoms with E-state index in [0.717, 1.165) is 6.42 Å². The van der Waals surface area contributed by atoms with Gasteiger partial charge in [-0.25, -0.2) is 0 Å². The topological polar surface area (TPSA) is 126 Å². The minimum atomic E-state index is -4.45. The molecule has 3 unspecified atom stereocenters. The maximum atomic E-state index is 13.4. The van der Waals surface area contributed by atoms with Crippen LogP contribution < -0.4 is 4.74 Å². The van der Waals surface area contributed by atoms with Crippen LogP contribution in [0.3, 0.4) is 0 Å². The molecule has 4 aliphatic rings. The summed E-state index contributed by atoms with van der Waals surface area (Å²) < 4.78 is 48.0. The second-order valence-electron chi connectivity index (χ2n) is 11.4. The third-order valence-electron chi connectivity index (χ3n) is 9.61. The van der Waals surface area contributed by atoms with Crippen molar-refractivity contribution in [1.29, 1.82) is 0 Å². The van der Waals surface area contributed by atoms with Gasteiger partial charge in [-0.1, -0.05) is 26.0 Å². The summed E-state index contributed by atoms with van der Waals surface area (Å²) in [5.74, 6) is -1.74. The van der Waals surface area contributed by atoms with Crippen LogP contribution in [0.2, 0.25) is 0 Å². The van der Waals surface area contributed by atoms with Gasteiger partial charge in [0.15, 0.2) is 0 Å². The zero-order valence-corrected chi connectivity index (χ0v) is 23.0. The number of nitrogens with zero attached hydrogens (tertiary/aromatic N) is 1. The molecule has 39 heavy (non-hydrogen) atoms. The van der Waals surface area contributed by atoms with Crippen molar-refractivity contribution in [1.82, 2.24) is 5.06 Å². The number of amides is 2. The second-order valence-corrected chi connectivity index (χ2v) is 13.0. The molecule has 0 N–H and O–H groups in total. The molecule has 6 rings (SSSR count). The lowest BCUT2D eigenvalue weighted by Gasteiger charge is -2.49. The average Bonchev–Trinajstić information content (AvgIpc) is 3.34. The Bertz CT molecular complexity index is 1490. The SMILES string of the molecule is COCCOCCOc1ccc2c3c(cccc13)C(=O)N(OS(=O)(=O)CC13CCC14C(CC3=O)C4(C)C)C2=O. The molecular formula is C28H31NO9S. The molecular weight excluding hydrogens is 526 g/mol. The highest BCUT2D eigenvalue weighted by molar-refractivity contribution is 7.86. The predicted molar refractivity (Wildman–Crippen MR) is 139 cm³/mol. The fourth-order valence-electron chi connectivity index (χ4n) is 7.73. The third-order valence-corrected chi connectivity index (χ3v) is 10.8. The van der Waals surface area contributed by atoms with Crippen molar-refractivity contribution in [3.8, 4) is 5.75 Å². The summed E-state index contributed by atoms with van der Waals surface area (Å²) in [5.41, 5.74) is -1.22. The summed E-state index contributed by atoms with van der Waals surface area (Å²) in [6, 6.07) is 7.96. The van der Waals surface area contributed by atoms with E-state index < -0.39 is 33.1 Å². The molecule has 0 bridgehead atoms. The summed E-state index contributed by atoms with van der Waals surface area (Å²) in [4.78, 5) is 39.7. The Morgan fingerprint density at radius 3 is 2.36 bits per heavy atom. The van der Waals surface area contributed by atoms with Crippen molar-refractivity contribution in [2.24, 2.45) is 22.2 Å². The van der Waals surface area contributed by atoms with E-state index in [1.807, 2.05) is 0 Å². The lowest BCUT2D eigenvalue weighted by Crippen LogP contribution is -2.54. The Balaban J connectivity index is 1.23. The Morgan fingerprint density at radius 1 is 0.949 bits per heavy atom. The van der Waals surface area contributed by atoms with E-state index in [1.165, 1.54) is 12.1 Å². The maximum absolute atomic E-state index is 13.4. The molecule has 3 saturated carbocycles. The summed E-state index contributed by atoms with van der Waals surface area (Å²) in [5, 5.41) is 1.22. The quantitative estimate of drug-likeness (QED) is 0.303. The molecule has 2 aromatic carbocycles. The number of methoxy groups -OCH3 is 1. The fraction of sp³-hybridized carbons (Fsp3) is 0.536. The van der Waals surface area contributed by atoms with Gasteiger partial charge in [-0.2, -0.15) is 8.42 Å². The molecule has 3 fully saturated rings. The molecule has 1 spiro atoms. The molecule has 0 aromatic heterocycles. The first-order chi connectivity index (χ1) is 18.5. The van der Waals surface area contributed by atoms with Gasteiger partial charge in [0.1, 0.15) is 18.1 Å². The van der Waals surface area contributed by atoms with E-state index in [4.69, 9.17) is 18.5 Å². The van der Waals surface area contributed by atoms with Crippen molar-refractivity contribution in [2.45, 2.75) is 33.1 Å². The number of hydrogen-bond acceptors (Lipinski definition) is 9. The lowest BCUT2D eigenvalue weighted by atomic mass is 9.55. The lowest BCUT2D eigenvalue weighted by molar-refractivity contribution is -0.137. The highest BCUT2D eigenvalue weighted by atomic mass is 32.2. The van der Waals surface area contributed by atoms with Gasteiger partial charge < -0.3 is 14.2 Å². The number of benzene rings is 2. The third kappa shape index (κ3) is 3.56. The number of carbonyl (C=O) groups excluding carboxylic acids is 3. The fourth-order valence-corrected chi connectivity index (χ4v) is 9.31. The van der Waals surface area contributed by atoms with Gasteiger partial charge in [-0.3, -0.25) is 14.4 Å². The summed E-state index contributed by atoms with van der Waals surface area (Å²) in [6.07, 6.45) is 1.63. The Labute approximate surface area is 226 Å². The van der Waals surface area contributed by atoms with Crippen LogP contribution in [-0.2, 0) is 28.7 Å². The van der Waals surface area contributed by atoms with E-state index in [1.54, 1.807) is 25.3 Å². The zero-order chi connectivity index (χ0) is 27.8. The van der Waals surface area contributed by atoms with Gasteiger partial charge >= 0.3 is 0 Å². The number of ether oxygens (including phenoxy) is 3. The van der Waals surface area contributed by atoms with Crippen LogP contribution in [0.25, 0.3) is 10.8 Å². The number of hydroxylamine groups is 2. The Kier molecular flexibility index (Phi) is 5.96. The van der Waals surface area contributed by atoms with Gasteiger partial charge in [0.2, 0.25) is 0 Å². The molecule has 3 atom stereocenters. The predicted octanol–water partition coefficient (Wildman–Crippen LogP) is 3.13. The molecule has 0 saturated heterocycles. The monoisotopic (exact) mass is 557 g/mol. The van der Waals surface area contributed by atoms with Crippen LogP contribution in [0.4, 0.5) is 0 Å². The van der Waals surface area contributed by atoms with E-state index in [0.29, 0.717) is 54.2 Å². The largest absolute Gasteiger partial charge is 0.491 e. The van der Waals surface area contributed by atoms with Crippen molar-refractivity contribution in [3.05, 3.63) is 41.5 Å². The van der Waals surface area contributed by atoms with Crippen LogP contribution >= 0.6 is 0 Å². The van der Waals surface area contributed by atoms with Crippen LogP contribution in [0.1, 0.15) is 53.8 Å². The molecule has 2 aromatic rings. The van der Waals surface area contributed by atoms with E-state index in [9.17, 15) is 22.8 Å². The summed E-state index contributed by atoms with van der Waals surface area (Å²) in [6.45, 7) is 5.63. The smallest absolute Gasteiger partial charge is 0.289 e. The van der Waals surface area contributed by atoms with Crippen molar-refractivity contribution >= 4 is 38.5 Å². The maximum Gasteiger partial charge on any atom is 0.289 e. The summed E-state index contributed by atoms with van der Waals surface area (Å²) >= 11 is 0. The van der Waals surface area contributed by atoms with Crippen molar-refractivity contribution < 1.29 is 41.3 Å². The summed E-state index contributed by atoms with van der Waals surface area (Å²) in [7, 11) is -2.87. The van der Waals surface area contributed by atoms with Crippen molar-refractivity contribution in [2.75, 3.05) is 39.3 Å². The van der Waals surface area contributed by atoms with Crippen LogP contribution in [0.15, 0.2) is 30.3 Å². The normalized spacial score (nSPS) is 28.3. The molecule has 1 heterocycles. The van der Waals surface area contributed by atoms with E-state index in [2.05, 4.69) is 13.8 Å². The molecule has 208 valence electrons.